The van der Waals surface area contributed by atoms with Crippen molar-refractivity contribution in [1.82, 2.24) is 5.32 Å². The van der Waals surface area contributed by atoms with Gasteiger partial charge in [-0.05, 0) is 61.9 Å². The molecule has 0 bridgehead atoms. The molecule has 3 aromatic carbocycles. The predicted molar refractivity (Wildman–Crippen MR) is 135 cm³/mol. The number of hydrogen-bond acceptors (Lipinski definition) is 5. The number of carbonyl (C=O) groups excluding carboxylic acids is 3. The molecule has 7 nitrogen and oxygen atoms in total. The summed E-state index contributed by atoms with van der Waals surface area (Å²) in [6.07, 6.45) is 0. The maximum atomic E-state index is 13.1. The molecule has 4 rings (SSSR count). The van der Waals surface area contributed by atoms with E-state index in [-0.39, 0.29) is 22.7 Å². The van der Waals surface area contributed by atoms with Crippen molar-refractivity contribution in [3.8, 4) is 5.75 Å². The van der Waals surface area contributed by atoms with Crippen LogP contribution in [0.3, 0.4) is 0 Å². The first-order valence-corrected chi connectivity index (χ1v) is 11.5. The van der Waals surface area contributed by atoms with Crippen LogP contribution in [-0.4, -0.2) is 24.3 Å². The van der Waals surface area contributed by atoms with Gasteiger partial charge in [0.05, 0.1) is 18.3 Å². The summed E-state index contributed by atoms with van der Waals surface area (Å²) < 4.78 is 5.41. The molecule has 1 atom stereocenters. The smallest absolute Gasteiger partial charge is 0.283 e. The lowest BCUT2D eigenvalue weighted by molar-refractivity contribution is -0.120. The van der Waals surface area contributed by atoms with Gasteiger partial charge >= 0.3 is 0 Å². The van der Waals surface area contributed by atoms with Crippen LogP contribution in [0.5, 0.6) is 5.75 Å². The maximum absolute atomic E-state index is 13.1. The molecule has 0 aromatic heterocycles. The molecule has 0 radical (unpaired) electrons. The predicted octanol–water partition coefficient (Wildman–Crippen LogP) is 5.01. The first-order chi connectivity index (χ1) is 16.9. The quantitative estimate of drug-likeness (QED) is 0.434. The molecule has 3 amide bonds. The van der Waals surface area contributed by atoms with Crippen LogP contribution in [0.25, 0.3) is 0 Å². The van der Waals surface area contributed by atoms with Crippen molar-refractivity contribution < 1.29 is 19.1 Å². The first kappa shape index (κ1) is 24.0. The Morgan fingerprint density at radius 2 is 1.69 bits per heavy atom. The molecule has 0 spiro atoms. The summed E-state index contributed by atoms with van der Waals surface area (Å²) >= 11 is 6.24. The zero-order valence-electron chi connectivity index (χ0n) is 19.2. The molecule has 0 saturated carbocycles. The number of imide groups is 1. The van der Waals surface area contributed by atoms with Crippen LogP contribution in [0.2, 0.25) is 0 Å². The Balaban J connectivity index is 1.49. The third-order valence-corrected chi connectivity index (χ3v) is 5.83. The average molecular weight is 490 g/mol. The summed E-state index contributed by atoms with van der Waals surface area (Å²) in [5, 5.41) is 5.64. The standard InChI is InChI=1S/C27H24ClN3O4/c1-3-35-22-14-12-21(13-15-22)31-26(33)23(28)24(27(31)34)30-20-11-7-10-19(16-20)25(32)29-17(2)18-8-5-4-6-9-18/h4-17,30H,3H2,1-2H3,(H,29,32). The highest BCUT2D eigenvalue weighted by atomic mass is 35.5. The monoisotopic (exact) mass is 489 g/mol. The fraction of sp³-hybridized carbons (Fsp3) is 0.148. The number of rotatable bonds is 8. The zero-order valence-corrected chi connectivity index (χ0v) is 20.0. The van der Waals surface area contributed by atoms with E-state index in [4.69, 9.17) is 16.3 Å². The van der Waals surface area contributed by atoms with E-state index in [0.29, 0.717) is 29.3 Å². The summed E-state index contributed by atoms with van der Waals surface area (Å²) in [4.78, 5) is 39.6. The molecule has 1 unspecified atom stereocenters. The van der Waals surface area contributed by atoms with Crippen molar-refractivity contribution in [2.24, 2.45) is 0 Å². The second-order valence-electron chi connectivity index (χ2n) is 7.87. The molecule has 1 aliphatic heterocycles. The van der Waals surface area contributed by atoms with Crippen molar-refractivity contribution in [2.75, 3.05) is 16.8 Å². The minimum atomic E-state index is -0.631. The second kappa shape index (κ2) is 10.4. The van der Waals surface area contributed by atoms with E-state index >= 15 is 0 Å². The van der Waals surface area contributed by atoms with Gasteiger partial charge in [-0.25, -0.2) is 4.90 Å². The summed E-state index contributed by atoms with van der Waals surface area (Å²) in [5.41, 5.74) is 2.15. The first-order valence-electron chi connectivity index (χ1n) is 11.1. The normalized spacial score (nSPS) is 14.2. The molecule has 35 heavy (non-hydrogen) atoms. The van der Waals surface area contributed by atoms with Crippen LogP contribution in [0, 0.1) is 0 Å². The average Bonchev–Trinajstić information content (AvgIpc) is 3.08. The van der Waals surface area contributed by atoms with Crippen molar-refractivity contribution in [3.63, 3.8) is 0 Å². The number of nitrogens with zero attached hydrogens (tertiary/aromatic N) is 1. The number of carbonyl (C=O) groups is 3. The van der Waals surface area contributed by atoms with E-state index in [2.05, 4.69) is 10.6 Å². The minimum absolute atomic E-state index is 0.0548. The van der Waals surface area contributed by atoms with Gasteiger partial charge in [0.1, 0.15) is 16.5 Å². The molecule has 2 N–H and O–H groups in total. The van der Waals surface area contributed by atoms with E-state index in [1.54, 1.807) is 48.5 Å². The topological polar surface area (TPSA) is 87.7 Å². The SMILES string of the molecule is CCOc1ccc(N2C(=O)C(Cl)=C(Nc3cccc(C(=O)NC(C)c4ccccc4)c3)C2=O)cc1. The number of benzene rings is 3. The third-order valence-electron chi connectivity index (χ3n) is 5.47. The van der Waals surface area contributed by atoms with Crippen molar-refractivity contribution in [1.29, 1.82) is 0 Å². The maximum Gasteiger partial charge on any atom is 0.283 e. The summed E-state index contributed by atoms with van der Waals surface area (Å²) in [6, 6.07) is 22.7. The number of nitrogens with one attached hydrogen (secondary N) is 2. The Morgan fingerprint density at radius 3 is 2.37 bits per heavy atom. The molecule has 0 saturated heterocycles. The van der Waals surface area contributed by atoms with Gasteiger partial charge in [-0.1, -0.05) is 48.0 Å². The molecule has 8 heteroatoms. The van der Waals surface area contributed by atoms with E-state index in [1.807, 2.05) is 44.2 Å². The largest absolute Gasteiger partial charge is 0.494 e. The van der Waals surface area contributed by atoms with Gasteiger partial charge in [0.15, 0.2) is 0 Å². The van der Waals surface area contributed by atoms with E-state index in [9.17, 15) is 14.4 Å². The molecule has 1 heterocycles. The van der Waals surface area contributed by atoms with E-state index in [1.165, 1.54) is 0 Å². The van der Waals surface area contributed by atoms with Gasteiger partial charge in [-0.3, -0.25) is 14.4 Å². The number of ether oxygens (including phenoxy) is 1. The Labute approximate surface area is 208 Å². The highest BCUT2D eigenvalue weighted by Gasteiger charge is 2.39. The van der Waals surface area contributed by atoms with E-state index < -0.39 is 11.8 Å². The van der Waals surface area contributed by atoms with Gasteiger partial charge in [-0.15, -0.1) is 0 Å². The number of amides is 3. The van der Waals surface area contributed by atoms with E-state index in [0.717, 1.165) is 10.5 Å². The van der Waals surface area contributed by atoms with Crippen LogP contribution in [-0.2, 0) is 9.59 Å². The Hall–Kier alpha value is -4.10. The summed E-state index contributed by atoms with van der Waals surface area (Å²) in [6.45, 7) is 4.27. The van der Waals surface area contributed by atoms with Crippen molar-refractivity contribution in [3.05, 3.63) is 101 Å². The fourth-order valence-corrected chi connectivity index (χ4v) is 3.90. The zero-order chi connectivity index (χ0) is 24.9. The lowest BCUT2D eigenvalue weighted by atomic mass is 10.1. The van der Waals surface area contributed by atoms with Crippen LogP contribution >= 0.6 is 11.6 Å². The van der Waals surface area contributed by atoms with Crippen molar-refractivity contribution >= 4 is 40.7 Å². The van der Waals surface area contributed by atoms with Gasteiger partial charge in [0.25, 0.3) is 17.7 Å². The highest BCUT2D eigenvalue weighted by Crippen LogP contribution is 2.31. The van der Waals surface area contributed by atoms with Gasteiger partial charge in [0, 0.05) is 11.3 Å². The Kier molecular flexibility index (Phi) is 7.17. The van der Waals surface area contributed by atoms with Gasteiger partial charge in [0.2, 0.25) is 0 Å². The molecule has 178 valence electrons. The van der Waals surface area contributed by atoms with Gasteiger partial charge in [-0.2, -0.15) is 0 Å². The molecular weight excluding hydrogens is 466 g/mol. The molecular formula is C27H24ClN3O4. The lowest BCUT2D eigenvalue weighted by Crippen LogP contribution is -2.32. The molecule has 3 aromatic rings. The fourth-order valence-electron chi connectivity index (χ4n) is 3.69. The Morgan fingerprint density at radius 1 is 0.971 bits per heavy atom. The highest BCUT2D eigenvalue weighted by molar-refractivity contribution is 6.53. The molecule has 0 fully saturated rings. The Bertz CT molecular complexity index is 1290. The summed E-state index contributed by atoms with van der Waals surface area (Å²) in [5.74, 6) is -0.857. The summed E-state index contributed by atoms with van der Waals surface area (Å²) in [7, 11) is 0. The van der Waals surface area contributed by atoms with Crippen molar-refractivity contribution in [2.45, 2.75) is 19.9 Å². The number of hydrogen-bond donors (Lipinski definition) is 2. The van der Waals surface area contributed by atoms with Crippen LogP contribution in [0.1, 0.15) is 35.8 Å². The lowest BCUT2D eigenvalue weighted by Gasteiger charge is -2.16. The van der Waals surface area contributed by atoms with Gasteiger partial charge < -0.3 is 15.4 Å². The molecule has 1 aliphatic rings. The second-order valence-corrected chi connectivity index (χ2v) is 8.25. The number of halogens is 1. The van der Waals surface area contributed by atoms with Crippen LogP contribution in [0.15, 0.2) is 89.6 Å². The van der Waals surface area contributed by atoms with Crippen LogP contribution in [0.4, 0.5) is 11.4 Å². The van der Waals surface area contributed by atoms with Crippen LogP contribution < -0.4 is 20.3 Å². The number of anilines is 2. The molecule has 0 aliphatic carbocycles. The minimum Gasteiger partial charge on any atom is -0.494 e. The third kappa shape index (κ3) is 5.20.